The Labute approximate surface area is 121 Å². The summed E-state index contributed by atoms with van der Waals surface area (Å²) in [7, 11) is 0. The van der Waals surface area contributed by atoms with Crippen LogP contribution in [-0.4, -0.2) is 17.0 Å². The summed E-state index contributed by atoms with van der Waals surface area (Å²) in [6.07, 6.45) is 4.76. The number of fused-ring (bicyclic) bond motifs is 2. The molecule has 4 atom stereocenters. The van der Waals surface area contributed by atoms with Crippen LogP contribution in [0.4, 0.5) is 0 Å². The number of thiophene rings is 1. The monoisotopic (exact) mass is 291 g/mol. The largest absolute Gasteiger partial charge is 0.481 e. The van der Waals surface area contributed by atoms with Gasteiger partial charge in [-0.15, -0.1) is 11.3 Å². The van der Waals surface area contributed by atoms with Gasteiger partial charge in [-0.25, -0.2) is 0 Å². The van der Waals surface area contributed by atoms with Crippen molar-refractivity contribution in [3.8, 4) is 0 Å². The third-order valence-electron chi connectivity index (χ3n) is 4.44. The van der Waals surface area contributed by atoms with Gasteiger partial charge in [-0.1, -0.05) is 12.2 Å². The van der Waals surface area contributed by atoms with Gasteiger partial charge in [0.1, 0.15) is 0 Å². The fourth-order valence-corrected chi connectivity index (χ4v) is 4.23. The third kappa shape index (κ3) is 2.16. The number of allylic oxidation sites excluding steroid dienone is 2. The molecular formula is C15H17NO3S. The maximum Gasteiger partial charge on any atom is 0.307 e. The van der Waals surface area contributed by atoms with Crippen molar-refractivity contribution in [2.45, 2.75) is 19.9 Å². The van der Waals surface area contributed by atoms with Crippen LogP contribution >= 0.6 is 11.3 Å². The van der Waals surface area contributed by atoms with E-state index < -0.39 is 17.8 Å². The predicted octanol–water partition coefficient (Wildman–Crippen LogP) is 2.20. The second-order valence-corrected chi connectivity index (χ2v) is 6.58. The zero-order valence-electron chi connectivity index (χ0n) is 11.2. The van der Waals surface area contributed by atoms with Gasteiger partial charge in [0.2, 0.25) is 5.91 Å². The summed E-state index contributed by atoms with van der Waals surface area (Å²) in [6.45, 7) is 2.50. The smallest absolute Gasteiger partial charge is 0.307 e. The number of rotatable bonds is 4. The summed E-state index contributed by atoms with van der Waals surface area (Å²) in [5.41, 5.74) is 1.16. The van der Waals surface area contributed by atoms with E-state index in [4.69, 9.17) is 0 Å². The van der Waals surface area contributed by atoms with Crippen LogP contribution in [0.15, 0.2) is 23.6 Å². The molecule has 106 valence electrons. The summed E-state index contributed by atoms with van der Waals surface area (Å²) in [6, 6.07) is 2.02. The lowest BCUT2D eigenvalue weighted by Crippen LogP contribution is -2.39. The van der Waals surface area contributed by atoms with E-state index in [9.17, 15) is 14.7 Å². The second kappa shape index (κ2) is 5.05. The molecule has 3 rings (SSSR count). The van der Waals surface area contributed by atoms with Gasteiger partial charge in [-0.3, -0.25) is 9.59 Å². The summed E-state index contributed by atoms with van der Waals surface area (Å²) in [4.78, 5) is 24.9. The van der Waals surface area contributed by atoms with E-state index in [1.165, 1.54) is 0 Å². The molecule has 0 radical (unpaired) electrons. The molecule has 0 aliphatic heterocycles. The van der Waals surface area contributed by atoms with Gasteiger partial charge in [-0.05, 0) is 42.2 Å². The van der Waals surface area contributed by atoms with Crippen LogP contribution in [0.1, 0.15) is 16.9 Å². The van der Waals surface area contributed by atoms with Crippen LogP contribution in [0.2, 0.25) is 0 Å². The van der Waals surface area contributed by atoms with Gasteiger partial charge in [0.05, 0.1) is 18.4 Å². The van der Waals surface area contributed by atoms with E-state index in [0.717, 1.165) is 16.9 Å². The van der Waals surface area contributed by atoms with Crippen molar-refractivity contribution in [2.24, 2.45) is 23.7 Å². The first-order valence-electron chi connectivity index (χ1n) is 6.79. The Hall–Kier alpha value is -1.62. The molecule has 2 bridgehead atoms. The number of carbonyl (C=O) groups is 2. The van der Waals surface area contributed by atoms with Crippen molar-refractivity contribution >= 4 is 23.2 Å². The molecule has 20 heavy (non-hydrogen) atoms. The molecule has 1 aromatic heterocycles. The molecule has 0 unspecified atom stereocenters. The Kier molecular flexibility index (Phi) is 3.38. The molecule has 0 saturated heterocycles. The van der Waals surface area contributed by atoms with E-state index in [2.05, 4.69) is 5.32 Å². The van der Waals surface area contributed by atoms with Crippen molar-refractivity contribution in [1.29, 1.82) is 0 Å². The van der Waals surface area contributed by atoms with Crippen LogP contribution in [0.25, 0.3) is 0 Å². The summed E-state index contributed by atoms with van der Waals surface area (Å²) in [5, 5.41) is 14.2. The first-order chi connectivity index (χ1) is 9.58. The lowest BCUT2D eigenvalue weighted by atomic mass is 9.82. The first kappa shape index (κ1) is 13.4. The number of hydrogen-bond donors (Lipinski definition) is 2. The van der Waals surface area contributed by atoms with Gasteiger partial charge in [0, 0.05) is 4.88 Å². The highest BCUT2D eigenvalue weighted by atomic mass is 32.1. The first-order valence-corrected chi connectivity index (χ1v) is 7.67. The third-order valence-corrected chi connectivity index (χ3v) is 5.46. The molecule has 1 heterocycles. The molecule has 0 spiro atoms. The van der Waals surface area contributed by atoms with Crippen molar-refractivity contribution in [3.05, 3.63) is 34.0 Å². The van der Waals surface area contributed by atoms with Gasteiger partial charge < -0.3 is 10.4 Å². The summed E-state index contributed by atoms with van der Waals surface area (Å²) < 4.78 is 0. The van der Waals surface area contributed by atoms with E-state index in [1.807, 2.05) is 30.5 Å². The molecule has 2 aliphatic carbocycles. The van der Waals surface area contributed by atoms with E-state index >= 15 is 0 Å². The minimum absolute atomic E-state index is 0.0247. The van der Waals surface area contributed by atoms with E-state index in [1.54, 1.807) is 11.3 Å². The number of carbonyl (C=O) groups excluding carboxylic acids is 1. The van der Waals surface area contributed by atoms with Gasteiger partial charge >= 0.3 is 5.97 Å². The Balaban J connectivity index is 1.69. The molecule has 1 aromatic rings. The highest BCUT2D eigenvalue weighted by Crippen LogP contribution is 2.48. The number of carboxylic acid groups (broad SMARTS) is 1. The second-order valence-electron chi connectivity index (χ2n) is 5.58. The maximum absolute atomic E-state index is 12.4. The maximum atomic E-state index is 12.4. The molecular weight excluding hydrogens is 274 g/mol. The molecule has 5 heteroatoms. The topological polar surface area (TPSA) is 66.4 Å². The zero-order chi connectivity index (χ0) is 14.3. The highest BCUT2D eigenvalue weighted by molar-refractivity contribution is 7.10. The van der Waals surface area contributed by atoms with Crippen LogP contribution in [-0.2, 0) is 16.1 Å². The molecule has 2 aliphatic rings. The fraction of sp³-hybridized carbons (Fsp3) is 0.467. The van der Waals surface area contributed by atoms with Crippen molar-refractivity contribution in [2.75, 3.05) is 0 Å². The van der Waals surface area contributed by atoms with E-state index in [-0.39, 0.29) is 17.7 Å². The number of amides is 1. The lowest BCUT2D eigenvalue weighted by Gasteiger charge is -2.23. The molecule has 0 aromatic carbocycles. The fourth-order valence-electron chi connectivity index (χ4n) is 3.39. The Morgan fingerprint density at radius 3 is 2.65 bits per heavy atom. The van der Waals surface area contributed by atoms with E-state index in [0.29, 0.717) is 6.54 Å². The molecule has 2 N–H and O–H groups in total. The minimum atomic E-state index is -0.852. The van der Waals surface area contributed by atoms with Gasteiger partial charge in [0.15, 0.2) is 0 Å². The average molecular weight is 291 g/mol. The molecule has 4 nitrogen and oxygen atoms in total. The Morgan fingerprint density at radius 1 is 1.35 bits per heavy atom. The zero-order valence-corrected chi connectivity index (χ0v) is 12.0. The minimum Gasteiger partial charge on any atom is -0.481 e. The average Bonchev–Trinajstić information content (AvgIpc) is 3.10. The molecule has 1 amide bonds. The number of aliphatic carboxylic acids is 1. The number of carboxylic acids is 1. The van der Waals surface area contributed by atoms with Gasteiger partial charge in [0.25, 0.3) is 0 Å². The summed E-state index contributed by atoms with van der Waals surface area (Å²) in [5.74, 6) is -1.84. The lowest BCUT2D eigenvalue weighted by molar-refractivity contribution is -0.147. The predicted molar refractivity (Wildman–Crippen MR) is 76.3 cm³/mol. The van der Waals surface area contributed by atoms with Crippen LogP contribution in [0.3, 0.4) is 0 Å². The van der Waals surface area contributed by atoms with Gasteiger partial charge in [-0.2, -0.15) is 0 Å². The van der Waals surface area contributed by atoms with Crippen LogP contribution in [0, 0.1) is 30.6 Å². The van der Waals surface area contributed by atoms with Crippen LogP contribution < -0.4 is 5.32 Å². The van der Waals surface area contributed by atoms with Crippen molar-refractivity contribution < 1.29 is 14.7 Å². The van der Waals surface area contributed by atoms with Crippen molar-refractivity contribution in [3.63, 3.8) is 0 Å². The number of nitrogens with one attached hydrogen (secondary N) is 1. The number of aryl methyl sites for hydroxylation is 1. The highest BCUT2D eigenvalue weighted by Gasteiger charge is 2.51. The number of hydrogen-bond acceptors (Lipinski definition) is 3. The standard InChI is InChI=1S/C15H17NO3S/c1-8-4-5-20-11(8)7-16-14(17)12-9-2-3-10(6-9)13(12)15(18)19/h2-5,9-10,12-13H,6-7H2,1H3,(H,16,17)(H,18,19)/t9-,10-,12+,13-/m0/s1. The Morgan fingerprint density at radius 2 is 2.05 bits per heavy atom. The normalized spacial score (nSPS) is 30.6. The Bertz CT molecular complexity index is 577. The molecule has 1 saturated carbocycles. The quantitative estimate of drug-likeness (QED) is 0.836. The summed E-state index contributed by atoms with van der Waals surface area (Å²) >= 11 is 1.61. The SMILES string of the molecule is Cc1ccsc1CNC(=O)[C@H]1[C@@H](C(=O)O)[C@H]2C=C[C@H]1C2. The van der Waals surface area contributed by atoms with Crippen molar-refractivity contribution in [1.82, 2.24) is 5.32 Å². The van der Waals surface area contributed by atoms with Crippen LogP contribution in [0.5, 0.6) is 0 Å². The molecule has 1 fully saturated rings.